The Morgan fingerprint density at radius 2 is 1.86 bits per heavy atom. The summed E-state index contributed by atoms with van der Waals surface area (Å²) < 4.78 is 44.2. The molecule has 0 bridgehead atoms. The largest absolute Gasteiger partial charge is 0.464 e. The number of nitrogens with zero attached hydrogens (tertiary/aromatic N) is 4. The maximum Gasteiger partial charge on any atom is 0.416 e. The zero-order valence-electron chi connectivity index (χ0n) is 16.5. The summed E-state index contributed by atoms with van der Waals surface area (Å²) in [7, 11) is 2.11. The van der Waals surface area contributed by atoms with Crippen LogP contribution in [0, 0.1) is 5.92 Å². The second-order valence-electron chi connectivity index (χ2n) is 7.03. The van der Waals surface area contributed by atoms with Gasteiger partial charge in [-0.1, -0.05) is 6.07 Å². The summed E-state index contributed by atoms with van der Waals surface area (Å²) in [6.45, 7) is 4.98. The Morgan fingerprint density at radius 3 is 2.55 bits per heavy atom. The van der Waals surface area contributed by atoms with Gasteiger partial charge in [-0.3, -0.25) is 0 Å². The summed E-state index contributed by atoms with van der Waals surface area (Å²) in [5, 5.41) is 6.02. The zero-order chi connectivity index (χ0) is 20.9. The molecule has 1 aliphatic heterocycles. The van der Waals surface area contributed by atoms with E-state index in [2.05, 4.69) is 37.5 Å². The van der Waals surface area contributed by atoms with E-state index >= 15 is 0 Å². The lowest BCUT2D eigenvalue weighted by Gasteiger charge is -2.28. The molecule has 0 amide bonds. The SMILES string of the molecule is CCOc1nc(NCC2CCN(C)CC2)nc(Nc2cccc(C(F)(F)F)c2)n1. The molecule has 1 aromatic carbocycles. The second kappa shape index (κ2) is 9.25. The minimum atomic E-state index is -4.42. The molecule has 0 atom stereocenters. The predicted molar refractivity (Wildman–Crippen MR) is 104 cm³/mol. The highest BCUT2D eigenvalue weighted by Gasteiger charge is 2.30. The number of benzene rings is 1. The van der Waals surface area contributed by atoms with Crippen molar-refractivity contribution in [3.8, 4) is 6.01 Å². The molecule has 0 unspecified atom stereocenters. The van der Waals surface area contributed by atoms with E-state index in [-0.39, 0.29) is 17.6 Å². The van der Waals surface area contributed by atoms with E-state index in [0.717, 1.165) is 38.1 Å². The highest BCUT2D eigenvalue weighted by molar-refractivity contribution is 5.55. The second-order valence-corrected chi connectivity index (χ2v) is 7.03. The van der Waals surface area contributed by atoms with Gasteiger partial charge in [0.1, 0.15) is 0 Å². The number of alkyl halides is 3. The van der Waals surface area contributed by atoms with Gasteiger partial charge in [-0.05, 0) is 64.0 Å². The van der Waals surface area contributed by atoms with Gasteiger partial charge in [0.05, 0.1) is 12.2 Å². The van der Waals surface area contributed by atoms with Gasteiger partial charge in [0.25, 0.3) is 0 Å². The first-order valence-corrected chi connectivity index (χ1v) is 9.59. The van der Waals surface area contributed by atoms with Crippen LogP contribution in [0.25, 0.3) is 0 Å². The smallest absolute Gasteiger partial charge is 0.416 e. The Kier molecular flexibility index (Phi) is 6.73. The van der Waals surface area contributed by atoms with Crippen LogP contribution in [0.15, 0.2) is 24.3 Å². The molecule has 29 heavy (non-hydrogen) atoms. The van der Waals surface area contributed by atoms with Gasteiger partial charge in [-0.25, -0.2) is 0 Å². The molecule has 1 fully saturated rings. The van der Waals surface area contributed by atoms with E-state index in [1.165, 1.54) is 12.1 Å². The lowest BCUT2D eigenvalue weighted by atomic mass is 9.97. The molecule has 1 aliphatic rings. The molecule has 0 aliphatic carbocycles. The first-order valence-electron chi connectivity index (χ1n) is 9.59. The molecule has 158 valence electrons. The molecule has 2 N–H and O–H groups in total. The van der Waals surface area contributed by atoms with Crippen molar-refractivity contribution >= 4 is 17.6 Å². The summed E-state index contributed by atoms with van der Waals surface area (Å²) in [6, 6.07) is 4.98. The maximum atomic E-state index is 12.9. The number of likely N-dealkylation sites (tertiary alicyclic amines) is 1. The lowest BCUT2D eigenvalue weighted by Crippen LogP contribution is -2.33. The van der Waals surface area contributed by atoms with Crippen molar-refractivity contribution in [2.45, 2.75) is 25.9 Å². The van der Waals surface area contributed by atoms with E-state index in [1.807, 2.05) is 0 Å². The van der Waals surface area contributed by atoms with Gasteiger partial charge in [-0.15, -0.1) is 0 Å². The van der Waals surface area contributed by atoms with E-state index in [0.29, 0.717) is 25.0 Å². The van der Waals surface area contributed by atoms with Crippen molar-refractivity contribution in [1.29, 1.82) is 0 Å². The van der Waals surface area contributed by atoms with Crippen LogP contribution in [0.5, 0.6) is 6.01 Å². The van der Waals surface area contributed by atoms with Crippen molar-refractivity contribution in [3.63, 3.8) is 0 Å². The van der Waals surface area contributed by atoms with Crippen molar-refractivity contribution < 1.29 is 17.9 Å². The standard InChI is InChI=1S/C19H25F3N6O/c1-3-29-18-26-16(23-12-13-7-9-28(2)10-8-13)25-17(27-18)24-15-6-4-5-14(11-15)19(20,21)22/h4-6,11,13H,3,7-10,12H2,1-2H3,(H2,23,24,25,26,27). The topological polar surface area (TPSA) is 75.2 Å². The number of anilines is 3. The average Bonchev–Trinajstić information content (AvgIpc) is 2.67. The number of nitrogens with one attached hydrogen (secondary N) is 2. The Labute approximate surface area is 167 Å². The minimum Gasteiger partial charge on any atom is -0.464 e. The third kappa shape index (κ3) is 6.18. The van der Waals surface area contributed by atoms with E-state index in [9.17, 15) is 13.2 Å². The third-order valence-electron chi connectivity index (χ3n) is 4.72. The highest BCUT2D eigenvalue weighted by Crippen LogP contribution is 2.31. The molecule has 0 radical (unpaired) electrons. The van der Waals surface area contributed by atoms with E-state index < -0.39 is 11.7 Å². The molecule has 10 heteroatoms. The monoisotopic (exact) mass is 410 g/mol. The fourth-order valence-corrected chi connectivity index (χ4v) is 3.09. The quantitative estimate of drug-likeness (QED) is 0.719. The zero-order valence-corrected chi connectivity index (χ0v) is 16.5. The van der Waals surface area contributed by atoms with Crippen LogP contribution in [0.1, 0.15) is 25.3 Å². The number of piperidine rings is 1. The van der Waals surface area contributed by atoms with Gasteiger partial charge >= 0.3 is 12.2 Å². The summed E-state index contributed by atoms with van der Waals surface area (Å²) in [4.78, 5) is 14.9. The first kappa shape index (κ1) is 21.1. The molecular formula is C19H25F3N6O. The Bertz CT molecular complexity index is 809. The van der Waals surface area contributed by atoms with Crippen LogP contribution in [-0.2, 0) is 6.18 Å². The van der Waals surface area contributed by atoms with Crippen molar-refractivity contribution in [1.82, 2.24) is 19.9 Å². The van der Waals surface area contributed by atoms with Crippen LogP contribution in [0.3, 0.4) is 0 Å². The van der Waals surface area contributed by atoms with Crippen LogP contribution in [-0.4, -0.2) is 53.1 Å². The fourth-order valence-electron chi connectivity index (χ4n) is 3.09. The van der Waals surface area contributed by atoms with Gasteiger partial charge < -0.3 is 20.3 Å². The molecule has 7 nitrogen and oxygen atoms in total. The Morgan fingerprint density at radius 1 is 1.14 bits per heavy atom. The fraction of sp³-hybridized carbons (Fsp3) is 0.526. The molecule has 3 rings (SSSR count). The summed E-state index contributed by atoms with van der Waals surface area (Å²) in [6.07, 6.45) is -2.25. The highest BCUT2D eigenvalue weighted by atomic mass is 19.4. The summed E-state index contributed by atoms with van der Waals surface area (Å²) in [5.41, 5.74) is -0.517. The average molecular weight is 410 g/mol. The van der Waals surface area contributed by atoms with Gasteiger partial charge in [0.2, 0.25) is 11.9 Å². The molecule has 0 saturated carbocycles. The number of hydrogen-bond donors (Lipinski definition) is 2. The molecular weight excluding hydrogens is 385 g/mol. The van der Waals surface area contributed by atoms with Crippen molar-refractivity contribution in [2.75, 3.05) is 43.9 Å². The third-order valence-corrected chi connectivity index (χ3v) is 4.72. The Balaban J connectivity index is 1.73. The minimum absolute atomic E-state index is 0.114. The summed E-state index contributed by atoms with van der Waals surface area (Å²) in [5.74, 6) is 0.962. The van der Waals surface area contributed by atoms with Crippen LogP contribution >= 0.6 is 0 Å². The predicted octanol–water partition coefficient (Wildman–Crippen LogP) is 3.79. The number of aromatic nitrogens is 3. The molecule has 1 aromatic heterocycles. The van der Waals surface area contributed by atoms with Gasteiger partial charge in [0.15, 0.2) is 0 Å². The first-order chi connectivity index (χ1) is 13.8. The van der Waals surface area contributed by atoms with Gasteiger partial charge in [-0.2, -0.15) is 28.1 Å². The molecule has 2 heterocycles. The molecule has 1 saturated heterocycles. The van der Waals surface area contributed by atoms with Gasteiger partial charge in [0, 0.05) is 12.2 Å². The number of ether oxygens (including phenoxy) is 1. The maximum absolute atomic E-state index is 12.9. The van der Waals surface area contributed by atoms with Crippen LogP contribution in [0.2, 0.25) is 0 Å². The van der Waals surface area contributed by atoms with Crippen LogP contribution in [0.4, 0.5) is 30.8 Å². The number of rotatable bonds is 7. The lowest BCUT2D eigenvalue weighted by molar-refractivity contribution is -0.137. The Hall–Kier alpha value is -2.62. The van der Waals surface area contributed by atoms with Crippen molar-refractivity contribution in [2.24, 2.45) is 5.92 Å². The number of halogens is 3. The van der Waals surface area contributed by atoms with E-state index in [4.69, 9.17) is 4.74 Å². The number of hydrogen-bond acceptors (Lipinski definition) is 7. The molecule has 2 aromatic rings. The molecule has 0 spiro atoms. The van der Waals surface area contributed by atoms with Crippen LogP contribution < -0.4 is 15.4 Å². The summed E-state index contributed by atoms with van der Waals surface area (Å²) >= 11 is 0. The van der Waals surface area contributed by atoms with Crippen molar-refractivity contribution in [3.05, 3.63) is 29.8 Å². The van der Waals surface area contributed by atoms with E-state index in [1.54, 1.807) is 6.92 Å². The normalized spacial score (nSPS) is 15.9.